The molecule has 1 aliphatic carbocycles. The van der Waals surface area contributed by atoms with Gasteiger partial charge < -0.3 is 14.8 Å². The zero-order valence-electron chi connectivity index (χ0n) is 11.5. The first-order valence-electron chi connectivity index (χ1n) is 7.15. The summed E-state index contributed by atoms with van der Waals surface area (Å²) in [5, 5.41) is 4.86. The van der Waals surface area contributed by atoms with Crippen molar-refractivity contribution in [1.82, 2.24) is 10.3 Å². The Hall–Kier alpha value is -0.490. The molecule has 1 aliphatic heterocycles. The summed E-state index contributed by atoms with van der Waals surface area (Å²) in [4.78, 5) is 6.18. The smallest absolute Gasteiger partial charge is 0.0965 e. The molecule has 1 N–H and O–H groups in total. The number of aromatic nitrogens is 1. The quantitative estimate of drug-likeness (QED) is 0.870. The molecule has 1 aromatic heterocycles. The molecule has 0 unspecified atom stereocenters. The van der Waals surface area contributed by atoms with E-state index in [1.165, 1.54) is 22.7 Å². The van der Waals surface area contributed by atoms with Gasteiger partial charge in [-0.05, 0) is 25.7 Å². The number of thiazole rings is 1. The number of methoxy groups -OCH3 is 1. The van der Waals surface area contributed by atoms with Crippen LogP contribution in [0, 0.1) is 0 Å². The Balaban J connectivity index is 1.70. The van der Waals surface area contributed by atoms with Crippen molar-refractivity contribution in [1.29, 1.82) is 0 Å². The van der Waals surface area contributed by atoms with Gasteiger partial charge in [-0.3, -0.25) is 0 Å². The lowest BCUT2D eigenvalue weighted by Gasteiger charge is -2.19. The Bertz CT molecular complexity index is 412. The SMILES string of the molecule is COCc1nc(C2CCOCC2)sc1CNC1CC1. The highest BCUT2D eigenvalue weighted by atomic mass is 32.1. The number of ether oxygens (including phenoxy) is 2. The molecule has 3 rings (SSSR count). The van der Waals surface area contributed by atoms with Crippen LogP contribution in [0.3, 0.4) is 0 Å². The number of rotatable bonds is 6. The molecule has 1 saturated carbocycles. The van der Waals surface area contributed by atoms with E-state index in [1.54, 1.807) is 7.11 Å². The molecule has 0 bridgehead atoms. The predicted octanol–water partition coefficient (Wildman–Crippen LogP) is 2.44. The third kappa shape index (κ3) is 3.54. The van der Waals surface area contributed by atoms with Crippen molar-refractivity contribution < 1.29 is 9.47 Å². The maximum atomic E-state index is 5.43. The third-order valence-electron chi connectivity index (χ3n) is 3.78. The monoisotopic (exact) mass is 282 g/mol. The van der Waals surface area contributed by atoms with E-state index in [1.807, 2.05) is 11.3 Å². The molecule has 1 saturated heterocycles. The molecule has 0 amide bonds. The summed E-state index contributed by atoms with van der Waals surface area (Å²) in [7, 11) is 1.74. The van der Waals surface area contributed by atoms with Gasteiger partial charge in [-0.15, -0.1) is 11.3 Å². The van der Waals surface area contributed by atoms with Gasteiger partial charge in [-0.25, -0.2) is 4.98 Å². The molecule has 0 spiro atoms. The molecule has 2 fully saturated rings. The van der Waals surface area contributed by atoms with E-state index in [0.717, 1.165) is 44.3 Å². The second kappa shape index (κ2) is 6.31. The van der Waals surface area contributed by atoms with Crippen LogP contribution in [0.1, 0.15) is 47.2 Å². The van der Waals surface area contributed by atoms with Gasteiger partial charge in [0.05, 0.1) is 17.3 Å². The van der Waals surface area contributed by atoms with Crippen molar-refractivity contribution in [2.45, 2.75) is 50.8 Å². The van der Waals surface area contributed by atoms with Crippen molar-refractivity contribution in [3.05, 3.63) is 15.6 Å². The minimum atomic E-state index is 0.587. The van der Waals surface area contributed by atoms with Crippen LogP contribution in [0.2, 0.25) is 0 Å². The van der Waals surface area contributed by atoms with Gasteiger partial charge in [0.1, 0.15) is 0 Å². The van der Waals surface area contributed by atoms with Gasteiger partial charge in [-0.1, -0.05) is 0 Å². The lowest BCUT2D eigenvalue weighted by Crippen LogP contribution is -2.15. The molecule has 2 aliphatic rings. The minimum absolute atomic E-state index is 0.587. The molecule has 0 aromatic carbocycles. The van der Waals surface area contributed by atoms with E-state index in [2.05, 4.69) is 5.32 Å². The largest absolute Gasteiger partial charge is 0.381 e. The highest BCUT2D eigenvalue weighted by Gasteiger charge is 2.24. The highest BCUT2D eigenvalue weighted by Crippen LogP contribution is 2.32. The Morgan fingerprint density at radius 1 is 1.32 bits per heavy atom. The number of nitrogens with one attached hydrogen (secondary N) is 1. The standard InChI is InChI=1S/C14H22N2O2S/c1-17-9-12-13(8-15-11-2-3-11)19-14(16-12)10-4-6-18-7-5-10/h10-11,15H,2-9H2,1H3. The average molecular weight is 282 g/mol. The van der Waals surface area contributed by atoms with Crippen molar-refractivity contribution in [3.63, 3.8) is 0 Å². The third-order valence-corrected chi connectivity index (χ3v) is 5.04. The van der Waals surface area contributed by atoms with Crippen molar-refractivity contribution in [3.8, 4) is 0 Å². The van der Waals surface area contributed by atoms with Crippen LogP contribution in [-0.4, -0.2) is 31.3 Å². The topological polar surface area (TPSA) is 43.4 Å². The van der Waals surface area contributed by atoms with Crippen LogP contribution in [0.25, 0.3) is 0 Å². The first kappa shape index (κ1) is 13.5. The van der Waals surface area contributed by atoms with E-state index >= 15 is 0 Å². The van der Waals surface area contributed by atoms with Crippen LogP contribution >= 0.6 is 11.3 Å². The van der Waals surface area contributed by atoms with E-state index in [0.29, 0.717) is 12.5 Å². The average Bonchev–Trinajstić information content (AvgIpc) is 3.19. The van der Waals surface area contributed by atoms with Gasteiger partial charge in [0, 0.05) is 43.7 Å². The second-order valence-electron chi connectivity index (χ2n) is 5.40. The summed E-state index contributed by atoms with van der Waals surface area (Å²) in [6, 6.07) is 0.740. The first-order valence-corrected chi connectivity index (χ1v) is 7.97. The van der Waals surface area contributed by atoms with Gasteiger partial charge in [0.25, 0.3) is 0 Å². The Morgan fingerprint density at radius 2 is 2.11 bits per heavy atom. The Morgan fingerprint density at radius 3 is 2.79 bits per heavy atom. The summed E-state index contributed by atoms with van der Waals surface area (Å²) < 4.78 is 10.7. The van der Waals surface area contributed by atoms with E-state index in [4.69, 9.17) is 14.5 Å². The van der Waals surface area contributed by atoms with E-state index in [9.17, 15) is 0 Å². The molecule has 19 heavy (non-hydrogen) atoms. The zero-order chi connectivity index (χ0) is 13.1. The van der Waals surface area contributed by atoms with Gasteiger partial charge in [-0.2, -0.15) is 0 Å². The summed E-state index contributed by atoms with van der Waals surface area (Å²) in [6.07, 6.45) is 4.86. The molecular formula is C14H22N2O2S. The molecule has 5 heteroatoms. The molecule has 0 radical (unpaired) electrons. The normalized spacial score (nSPS) is 20.9. The summed E-state index contributed by atoms with van der Waals surface area (Å²) >= 11 is 1.87. The van der Waals surface area contributed by atoms with E-state index in [-0.39, 0.29) is 0 Å². The van der Waals surface area contributed by atoms with Gasteiger partial charge in [0.15, 0.2) is 0 Å². The summed E-state index contributed by atoms with van der Waals surface area (Å²) in [6.45, 7) is 3.32. The maximum absolute atomic E-state index is 5.43. The fourth-order valence-corrected chi connectivity index (χ4v) is 3.62. The fraction of sp³-hybridized carbons (Fsp3) is 0.786. The molecule has 2 heterocycles. The van der Waals surface area contributed by atoms with Crippen LogP contribution in [0.4, 0.5) is 0 Å². The van der Waals surface area contributed by atoms with E-state index < -0.39 is 0 Å². The van der Waals surface area contributed by atoms with Crippen LogP contribution in [-0.2, 0) is 22.6 Å². The van der Waals surface area contributed by atoms with Crippen molar-refractivity contribution in [2.75, 3.05) is 20.3 Å². The number of hydrogen-bond donors (Lipinski definition) is 1. The van der Waals surface area contributed by atoms with Crippen LogP contribution in [0.15, 0.2) is 0 Å². The molecule has 106 valence electrons. The fourth-order valence-electron chi connectivity index (χ4n) is 2.43. The molecule has 0 atom stereocenters. The first-order chi connectivity index (χ1) is 9.36. The Labute approximate surface area is 118 Å². The van der Waals surface area contributed by atoms with Gasteiger partial charge in [0.2, 0.25) is 0 Å². The minimum Gasteiger partial charge on any atom is -0.381 e. The molecular weight excluding hydrogens is 260 g/mol. The number of nitrogens with zero attached hydrogens (tertiary/aromatic N) is 1. The lowest BCUT2D eigenvalue weighted by atomic mass is 10.0. The van der Waals surface area contributed by atoms with Crippen molar-refractivity contribution in [2.24, 2.45) is 0 Å². The number of hydrogen-bond acceptors (Lipinski definition) is 5. The predicted molar refractivity (Wildman–Crippen MR) is 75.5 cm³/mol. The van der Waals surface area contributed by atoms with Crippen LogP contribution in [0.5, 0.6) is 0 Å². The summed E-state index contributed by atoms with van der Waals surface area (Å²) in [5.74, 6) is 0.587. The van der Waals surface area contributed by atoms with Crippen molar-refractivity contribution >= 4 is 11.3 Å². The summed E-state index contributed by atoms with van der Waals surface area (Å²) in [5.41, 5.74) is 1.13. The highest BCUT2D eigenvalue weighted by molar-refractivity contribution is 7.11. The van der Waals surface area contributed by atoms with Gasteiger partial charge >= 0.3 is 0 Å². The molecule has 1 aromatic rings. The lowest BCUT2D eigenvalue weighted by molar-refractivity contribution is 0.0851. The Kier molecular flexibility index (Phi) is 4.48. The zero-order valence-corrected chi connectivity index (χ0v) is 12.3. The molecule has 4 nitrogen and oxygen atoms in total. The second-order valence-corrected chi connectivity index (χ2v) is 6.51. The maximum Gasteiger partial charge on any atom is 0.0965 e. The van der Waals surface area contributed by atoms with Crippen LogP contribution < -0.4 is 5.32 Å².